The number of nitrogens with zero attached hydrogens (tertiary/aromatic N) is 3. The summed E-state index contributed by atoms with van der Waals surface area (Å²) in [5, 5.41) is 4.94. The maximum absolute atomic E-state index is 5.44. The minimum atomic E-state index is 0.704. The standard InChI is InChI=1S/C57H35N3S2/c1-4-17-36(18-5-1)48-35-49(60-57(59-48)38-21-8-3-9-22-38)41-25-14-23-39(33-41)40-24-15-26-42(34-40)51-52-53(37-19-6-2-7-20-37)58-47-31-12-10-28-45(47)55(52)62-56(51)46-30-16-29-44-43-27-11-13-32-50(43)61-54(44)46/h1-35H. The molecule has 62 heavy (non-hydrogen) atoms. The number of pyridine rings is 1. The molecule has 12 aromatic rings. The summed E-state index contributed by atoms with van der Waals surface area (Å²) in [6.07, 6.45) is 0. The smallest absolute Gasteiger partial charge is 0.160 e. The van der Waals surface area contributed by atoms with Crippen molar-refractivity contribution in [1.82, 2.24) is 15.0 Å². The number of aromatic nitrogens is 3. The van der Waals surface area contributed by atoms with E-state index in [2.05, 4.69) is 188 Å². The highest BCUT2D eigenvalue weighted by molar-refractivity contribution is 7.28. The normalized spacial score (nSPS) is 11.5. The van der Waals surface area contributed by atoms with Crippen LogP contribution in [0.25, 0.3) is 119 Å². The number of thiophene rings is 2. The number of hydrogen-bond acceptors (Lipinski definition) is 5. The third kappa shape index (κ3) is 6.29. The second kappa shape index (κ2) is 15.2. The Morgan fingerprint density at radius 1 is 0.339 bits per heavy atom. The van der Waals surface area contributed by atoms with E-state index in [4.69, 9.17) is 15.0 Å². The van der Waals surface area contributed by atoms with Crippen LogP contribution in [-0.2, 0) is 0 Å². The third-order valence-electron chi connectivity index (χ3n) is 11.7. The topological polar surface area (TPSA) is 38.7 Å². The lowest BCUT2D eigenvalue weighted by atomic mass is 9.92. The summed E-state index contributed by atoms with van der Waals surface area (Å²) in [6.45, 7) is 0. The van der Waals surface area contributed by atoms with E-state index >= 15 is 0 Å². The van der Waals surface area contributed by atoms with E-state index in [0.29, 0.717) is 5.82 Å². The zero-order chi connectivity index (χ0) is 41.0. The Balaban J connectivity index is 1.08. The molecular formula is C57H35N3S2. The van der Waals surface area contributed by atoms with Crippen LogP contribution in [0.3, 0.4) is 0 Å². The SMILES string of the molecule is c1ccc(-c2cc(-c3cccc(-c4cccc(-c5c(-c6cccc7c6sc6ccccc67)sc6c5c(-c5ccccc5)nc5ccccc56)c4)c3)nc(-c3ccccc3)n2)cc1. The Kier molecular flexibility index (Phi) is 8.87. The number of para-hydroxylation sites is 1. The van der Waals surface area contributed by atoms with Crippen LogP contribution in [0.2, 0.25) is 0 Å². The van der Waals surface area contributed by atoms with Crippen molar-refractivity contribution in [2.75, 3.05) is 0 Å². The van der Waals surface area contributed by atoms with Crippen LogP contribution in [0, 0.1) is 0 Å². The quantitative estimate of drug-likeness (QED) is 0.161. The van der Waals surface area contributed by atoms with Crippen LogP contribution in [0.5, 0.6) is 0 Å². The summed E-state index contributed by atoms with van der Waals surface area (Å²) in [6, 6.07) is 75.4. The van der Waals surface area contributed by atoms with Gasteiger partial charge in [0.1, 0.15) is 0 Å². The number of fused-ring (bicyclic) bond motifs is 6. The van der Waals surface area contributed by atoms with Crippen LogP contribution in [0.4, 0.5) is 0 Å². The van der Waals surface area contributed by atoms with Crippen LogP contribution in [-0.4, -0.2) is 15.0 Å². The Morgan fingerprint density at radius 2 is 0.887 bits per heavy atom. The molecule has 0 unspecified atom stereocenters. The van der Waals surface area contributed by atoms with Gasteiger partial charge in [-0.3, -0.25) is 0 Å². The van der Waals surface area contributed by atoms with Gasteiger partial charge in [0, 0.05) is 73.9 Å². The van der Waals surface area contributed by atoms with Crippen LogP contribution >= 0.6 is 22.7 Å². The Bertz CT molecular complexity index is 3570. The number of benzene rings is 8. The molecule has 12 rings (SSSR count). The first-order valence-electron chi connectivity index (χ1n) is 20.8. The lowest BCUT2D eigenvalue weighted by molar-refractivity contribution is 1.18. The first kappa shape index (κ1) is 36.3. The van der Waals surface area contributed by atoms with Crippen LogP contribution in [0.1, 0.15) is 0 Å². The molecule has 0 N–H and O–H groups in total. The van der Waals surface area contributed by atoms with Crippen molar-refractivity contribution in [1.29, 1.82) is 0 Å². The summed E-state index contributed by atoms with van der Waals surface area (Å²) in [4.78, 5) is 16.9. The molecule has 4 aromatic heterocycles. The van der Waals surface area contributed by atoms with Crippen molar-refractivity contribution in [3.63, 3.8) is 0 Å². The summed E-state index contributed by atoms with van der Waals surface area (Å²) in [7, 11) is 0. The Labute approximate surface area is 366 Å². The fourth-order valence-corrected chi connectivity index (χ4v) is 11.4. The lowest BCUT2D eigenvalue weighted by Crippen LogP contribution is -1.96. The average molecular weight is 826 g/mol. The third-order valence-corrected chi connectivity index (χ3v) is 14.2. The van der Waals surface area contributed by atoms with Crippen molar-refractivity contribution in [2.24, 2.45) is 0 Å². The molecule has 0 aliphatic carbocycles. The molecule has 0 amide bonds. The molecule has 290 valence electrons. The van der Waals surface area contributed by atoms with Gasteiger partial charge in [-0.2, -0.15) is 0 Å². The molecule has 0 saturated carbocycles. The molecule has 4 heterocycles. The first-order chi connectivity index (χ1) is 30.7. The van der Waals surface area contributed by atoms with Gasteiger partial charge in [0.2, 0.25) is 0 Å². The fourth-order valence-electron chi connectivity index (χ4n) is 8.76. The molecule has 3 nitrogen and oxygen atoms in total. The van der Waals surface area contributed by atoms with E-state index in [1.165, 1.54) is 51.6 Å². The van der Waals surface area contributed by atoms with Gasteiger partial charge >= 0.3 is 0 Å². The number of hydrogen-bond donors (Lipinski definition) is 0. The van der Waals surface area contributed by atoms with Crippen molar-refractivity contribution >= 4 is 63.8 Å². The first-order valence-corrected chi connectivity index (χ1v) is 22.4. The predicted octanol–water partition coefficient (Wildman–Crippen LogP) is 16.3. The van der Waals surface area contributed by atoms with Gasteiger partial charge in [0.15, 0.2) is 5.82 Å². The molecule has 0 saturated heterocycles. The number of rotatable bonds is 7. The van der Waals surface area contributed by atoms with Crippen molar-refractivity contribution in [3.8, 4) is 77.9 Å². The predicted molar refractivity (Wildman–Crippen MR) is 264 cm³/mol. The summed E-state index contributed by atoms with van der Waals surface area (Å²) in [5.74, 6) is 0.704. The van der Waals surface area contributed by atoms with E-state index in [1.807, 2.05) is 46.9 Å². The molecule has 0 fully saturated rings. The molecule has 0 aliphatic heterocycles. The zero-order valence-corrected chi connectivity index (χ0v) is 35.0. The average Bonchev–Trinajstić information content (AvgIpc) is 3.95. The second-order valence-electron chi connectivity index (χ2n) is 15.5. The van der Waals surface area contributed by atoms with E-state index in [0.717, 1.165) is 61.5 Å². The van der Waals surface area contributed by atoms with E-state index in [-0.39, 0.29) is 0 Å². The van der Waals surface area contributed by atoms with Gasteiger partial charge in [-0.15, -0.1) is 22.7 Å². The van der Waals surface area contributed by atoms with Crippen molar-refractivity contribution in [3.05, 3.63) is 212 Å². The molecule has 0 atom stereocenters. The highest BCUT2D eigenvalue weighted by Crippen LogP contribution is 2.53. The summed E-state index contributed by atoms with van der Waals surface area (Å²) in [5.41, 5.74) is 13.8. The molecule has 0 bridgehead atoms. The van der Waals surface area contributed by atoms with Crippen LogP contribution in [0.15, 0.2) is 212 Å². The van der Waals surface area contributed by atoms with Gasteiger partial charge in [-0.25, -0.2) is 15.0 Å². The van der Waals surface area contributed by atoms with E-state index < -0.39 is 0 Å². The van der Waals surface area contributed by atoms with Gasteiger partial charge in [0.05, 0.1) is 22.6 Å². The van der Waals surface area contributed by atoms with Crippen molar-refractivity contribution in [2.45, 2.75) is 0 Å². The Morgan fingerprint density at radius 3 is 1.65 bits per heavy atom. The minimum Gasteiger partial charge on any atom is -0.247 e. The molecule has 0 spiro atoms. The molecular weight excluding hydrogens is 791 g/mol. The van der Waals surface area contributed by atoms with Gasteiger partial charge in [-0.05, 0) is 47.0 Å². The zero-order valence-electron chi connectivity index (χ0n) is 33.4. The summed E-state index contributed by atoms with van der Waals surface area (Å²) >= 11 is 3.77. The monoisotopic (exact) mass is 825 g/mol. The lowest BCUT2D eigenvalue weighted by Gasteiger charge is -2.13. The van der Waals surface area contributed by atoms with Gasteiger partial charge < -0.3 is 0 Å². The molecule has 0 radical (unpaired) electrons. The van der Waals surface area contributed by atoms with Crippen LogP contribution < -0.4 is 0 Å². The highest BCUT2D eigenvalue weighted by Gasteiger charge is 2.25. The van der Waals surface area contributed by atoms with Gasteiger partial charge in [0.25, 0.3) is 0 Å². The maximum atomic E-state index is 5.44. The van der Waals surface area contributed by atoms with Crippen molar-refractivity contribution < 1.29 is 0 Å². The Hall–Kier alpha value is -7.57. The summed E-state index contributed by atoms with van der Waals surface area (Å²) < 4.78 is 3.85. The van der Waals surface area contributed by atoms with Gasteiger partial charge in [-0.1, -0.05) is 182 Å². The fraction of sp³-hybridized carbons (Fsp3) is 0. The maximum Gasteiger partial charge on any atom is 0.160 e. The van der Waals surface area contributed by atoms with E-state index in [9.17, 15) is 0 Å². The largest absolute Gasteiger partial charge is 0.247 e. The van der Waals surface area contributed by atoms with E-state index in [1.54, 1.807) is 0 Å². The molecule has 0 aliphatic rings. The minimum absolute atomic E-state index is 0.704. The molecule has 5 heteroatoms. The molecule has 8 aromatic carbocycles. The second-order valence-corrected chi connectivity index (χ2v) is 17.6. The highest BCUT2D eigenvalue weighted by atomic mass is 32.1.